The fourth-order valence-electron chi connectivity index (χ4n) is 3.16. The molecular formula is C18H21NO2S. The van der Waals surface area contributed by atoms with E-state index in [1.807, 2.05) is 48.5 Å². The fraction of sp³-hybridized carbons (Fsp3) is 0.333. The maximum absolute atomic E-state index is 12.8. The van der Waals surface area contributed by atoms with Gasteiger partial charge in [-0.1, -0.05) is 68.4 Å². The third-order valence-corrected chi connectivity index (χ3v) is 5.99. The van der Waals surface area contributed by atoms with Crippen LogP contribution in [0.2, 0.25) is 0 Å². The molecule has 2 aromatic carbocycles. The molecule has 3 rings (SSSR count). The van der Waals surface area contributed by atoms with Gasteiger partial charge in [0, 0.05) is 18.5 Å². The van der Waals surface area contributed by atoms with Gasteiger partial charge in [0.15, 0.2) is 0 Å². The van der Waals surface area contributed by atoms with Gasteiger partial charge in [-0.05, 0) is 16.7 Å². The Bertz CT molecular complexity index is 767. The van der Waals surface area contributed by atoms with E-state index >= 15 is 0 Å². The molecule has 0 aromatic heterocycles. The third kappa shape index (κ3) is 2.94. The van der Waals surface area contributed by atoms with Gasteiger partial charge in [-0.2, -0.15) is 4.31 Å². The fourth-order valence-corrected chi connectivity index (χ4v) is 4.81. The molecule has 0 saturated carbocycles. The smallest absolute Gasteiger partial charge is 0.212 e. The Labute approximate surface area is 132 Å². The van der Waals surface area contributed by atoms with Crippen molar-refractivity contribution in [3.8, 4) is 0 Å². The molecular weight excluding hydrogens is 294 g/mol. The van der Waals surface area contributed by atoms with Crippen molar-refractivity contribution in [2.45, 2.75) is 31.6 Å². The number of benzene rings is 2. The van der Waals surface area contributed by atoms with Gasteiger partial charge in [0.2, 0.25) is 10.0 Å². The standard InChI is InChI=1S/C18H21NO2S/c1-18(2)14-19(12-16-10-6-7-11-17(16)18)22(20,21)13-15-8-4-3-5-9-15/h3-11H,12-14H2,1-2H3. The van der Waals surface area contributed by atoms with Crippen LogP contribution in [0.3, 0.4) is 0 Å². The number of rotatable bonds is 3. The first-order valence-electron chi connectivity index (χ1n) is 7.49. The van der Waals surface area contributed by atoms with Crippen molar-refractivity contribution >= 4 is 10.0 Å². The molecule has 0 fully saturated rings. The number of nitrogens with zero attached hydrogens (tertiary/aromatic N) is 1. The summed E-state index contributed by atoms with van der Waals surface area (Å²) in [7, 11) is -3.32. The molecule has 0 aliphatic carbocycles. The lowest BCUT2D eigenvalue weighted by atomic mass is 9.79. The maximum atomic E-state index is 12.8. The highest BCUT2D eigenvalue weighted by molar-refractivity contribution is 7.88. The van der Waals surface area contributed by atoms with Crippen molar-refractivity contribution in [3.05, 3.63) is 71.3 Å². The number of sulfonamides is 1. The van der Waals surface area contributed by atoms with E-state index in [0.717, 1.165) is 11.1 Å². The molecule has 0 saturated heterocycles. The Morgan fingerprint density at radius 3 is 2.36 bits per heavy atom. The van der Waals surface area contributed by atoms with E-state index in [0.29, 0.717) is 13.1 Å². The topological polar surface area (TPSA) is 37.4 Å². The van der Waals surface area contributed by atoms with Crippen molar-refractivity contribution in [2.75, 3.05) is 6.54 Å². The number of hydrogen-bond acceptors (Lipinski definition) is 2. The summed E-state index contributed by atoms with van der Waals surface area (Å²) in [5.74, 6) is 0.0616. The Morgan fingerprint density at radius 2 is 1.64 bits per heavy atom. The van der Waals surface area contributed by atoms with Crippen molar-refractivity contribution < 1.29 is 8.42 Å². The first-order valence-corrected chi connectivity index (χ1v) is 9.09. The van der Waals surface area contributed by atoms with E-state index in [1.165, 1.54) is 5.56 Å². The highest BCUT2D eigenvalue weighted by atomic mass is 32.2. The molecule has 1 aliphatic heterocycles. The van der Waals surface area contributed by atoms with E-state index in [-0.39, 0.29) is 11.2 Å². The van der Waals surface area contributed by atoms with Crippen LogP contribution < -0.4 is 0 Å². The summed E-state index contributed by atoms with van der Waals surface area (Å²) in [6, 6.07) is 17.5. The van der Waals surface area contributed by atoms with Crippen LogP contribution in [-0.4, -0.2) is 19.3 Å². The second-order valence-corrected chi connectivity index (χ2v) is 8.52. The largest absolute Gasteiger partial charge is 0.218 e. The lowest BCUT2D eigenvalue weighted by Crippen LogP contribution is -2.45. The second kappa shape index (κ2) is 5.52. The summed E-state index contributed by atoms with van der Waals surface area (Å²) in [5, 5.41) is 0. The van der Waals surface area contributed by atoms with Gasteiger partial charge in [0.25, 0.3) is 0 Å². The average Bonchev–Trinajstić information content (AvgIpc) is 2.47. The van der Waals surface area contributed by atoms with Crippen LogP contribution in [0.25, 0.3) is 0 Å². The number of hydrogen-bond donors (Lipinski definition) is 0. The highest BCUT2D eigenvalue weighted by Crippen LogP contribution is 2.34. The van der Waals surface area contributed by atoms with Crippen molar-refractivity contribution in [3.63, 3.8) is 0 Å². The molecule has 0 spiro atoms. The summed E-state index contributed by atoms with van der Waals surface area (Å²) < 4.78 is 27.2. The predicted octanol–water partition coefficient (Wildman–Crippen LogP) is 3.31. The Hall–Kier alpha value is -1.65. The van der Waals surface area contributed by atoms with Gasteiger partial charge in [0.1, 0.15) is 0 Å². The van der Waals surface area contributed by atoms with Crippen molar-refractivity contribution in [1.29, 1.82) is 0 Å². The van der Waals surface area contributed by atoms with Crippen LogP contribution in [0.5, 0.6) is 0 Å². The van der Waals surface area contributed by atoms with Gasteiger partial charge in [0.05, 0.1) is 5.75 Å². The quantitative estimate of drug-likeness (QED) is 0.871. The Balaban J connectivity index is 1.90. The van der Waals surface area contributed by atoms with Gasteiger partial charge in [-0.25, -0.2) is 8.42 Å². The van der Waals surface area contributed by atoms with Crippen LogP contribution in [0, 0.1) is 0 Å². The lowest BCUT2D eigenvalue weighted by molar-refractivity contribution is 0.299. The van der Waals surface area contributed by atoms with E-state index in [2.05, 4.69) is 19.9 Å². The second-order valence-electron chi connectivity index (χ2n) is 6.55. The van der Waals surface area contributed by atoms with Crippen molar-refractivity contribution in [2.24, 2.45) is 0 Å². The average molecular weight is 315 g/mol. The van der Waals surface area contributed by atoms with E-state index in [1.54, 1.807) is 4.31 Å². The first kappa shape index (κ1) is 15.3. The van der Waals surface area contributed by atoms with E-state index in [9.17, 15) is 8.42 Å². The van der Waals surface area contributed by atoms with Crippen LogP contribution >= 0.6 is 0 Å². The van der Waals surface area contributed by atoms with Crippen molar-refractivity contribution in [1.82, 2.24) is 4.31 Å². The predicted molar refractivity (Wildman–Crippen MR) is 88.9 cm³/mol. The summed E-state index contributed by atoms with van der Waals surface area (Å²) >= 11 is 0. The molecule has 1 aliphatic rings. The first-order chi connectivity index (χ1) is 10.4. The molecule has 0 radical (unpaired) electrons. The van der Waals surface area contributed by atoms with Gasteiger partial charge in [-0.3, -0.25) is 0 Å². The maximum Gasteiger partial charge on any atom is 0.218 e. The molecule has 0 atom stereocenters. The van der Waals surface area contributed by atoms with Gasteiger partial charge < -0.3 is 0 Å². The monoisotopic (exact) mass is 315 g/mol. The van der Waals surface area contributed by atoms with E-state index < -0.39 is 10.0 Å². The molecule has 0 bridgehead atoms. The molecule has 0 amide bonds. The summed E-state index contributed by atoms with van der Waals surface area (Å²) in [4.78, 5) is 0. The molecule has 0 unspecified atom stereocenters. The lowest BCUT2D eigenvalue weighted by Gasteiger charge is -2.39. The zero-order chi connectivity index (χ0) is 15.8. The van der Waals surface area contributed by atoms with Gasteiger partial charge >= 0.3 is 0 Å². The molecule has 4 heteroatoms. The van der Waals surface area contributed by atoms with Crippen LogP contribution in [0.4, 0.5) is 0 Å². The summed E-state index contributed by atoms with van der Waals surface area (Å²) in [5.41, 5.74) is 3.02. The Kier molecular flexibility index (Phi) is 3.83. The minimum Gasteiger partial charge on any atom is -0.212 e. The van der Waals surface area contributed by atoms with Crippen LogP contribution in [0.1, 0.15) is 30.5 Å². The molecule has 116 valence electrons. The Morgan fingerprint density at radius 1 is 1.00 bits per heavy atom. The minimum absolute atomic E-state index is 0.0616. The molecule has 22 heavy (non-hydrogen) atoms. The highest BCUT2D eigenvalue weighted by Gasteiger charge is 2.36. The van der Waals surface area contributed by atoms with Crippen LogP contribution in [0.15, 0.2) is 54.6 Å². The molecule has 2 aromatic rings. The SMILES string of the molecule is CC1(C)CN(S(=O)(=O)Cc2ccccc2)Cc2ccccc21. The van der Waals surface area contributed by atoms with Crippen LogP contribution in [-0.2, 0) is 27.7 Å². The van der Waals surface area contributed by atoms with E-state index in [4.69, 9.17) is 0 Å². The summed E-state index contributed by atoms with van der Waals surface area (Å²) in [6.45, 7) is 5.21. The minimum atomic E-state index is -3.32. The third-order valence-electron chi connectivity index (χ3n) is 4.25. The zero-order valence-corrected chi connectivity index (χ0v) is 13.8. The summed E-state index contributed by atoms with van der Waals surface area (Å²) in [6.07, 6.45) is 0. The molecule has 0 N–H and O–H groups in total. The molecule has 1 heterocycles. The normalized spacial score (nSPS) is 17.9. The number of fused-ring (bicyclic) bond motifs is 1. The molecule has 3 nitrogen and oxygen atoms in total. The zero-order valence-electron chi connectivity index (χ0n) is 13.0. The van der Waals surface area contributed by atoms with Gasteiger partial charge in [-0.15, -0.1) is 0 Å².